The molecule has 5 heterocycles. The average Bonchev–Trinajstić information content (AvgIpc) is 2.98. The number of carboxylic acid groups (broad SMARTS) is 1. The van der Waals surface area contributed by atoms with Crippen molar-refractivity contribution in [3.8, 4) is 0 Å². The fourth-order valence-corrected chi connectivity index (χ4v) is 3.03. The van der Waals surface area contributed by atoms with Crippen molar-refractivity contribution in [1.82, 2.24) is 34.7 Å². The van der Waals surface area contributed by atoms with Gasteiger partial charge in [-0.05, 0) is 18.2 Å². The summed E-state index contributed by atoms with van der Waals surface area (Å²) >= 11 is 0. The standard InChI is InChI=1S/C17H12N8O2/c1-25-15-11-13(22-17(23-15)20-9-2-4-18-5-3-9)12-10(21-14(11)24-25)6-8(7-19-12)16(26)27/h2-7,21,24H,1H3,(H,26,27). The van der Waals surface area contributed by atoms with Crippen LogP contribution in [0.3, 0.4) is 0 Å². The molecule has 0 radical (unpaired) electrons. The zero-order valence-electron chi connectivity index (χ0n) is 14.0. The number of pyridine rings is 3. The zero-order valence-corrected chi connectivity index (χ0v) is 14.0. The number of aromatic nitrogens is 7. The lowest BCUT2D eigenvalue weighted by Gasteiger charge is -2.04. The monoisotopic (exact) mass is 360 g/mol. The van der Waals surface area contributed by atoms with Crippen molar-refractivity contribution in [2.45, 2.75) is 0 Å². The molecule has 0 saturated carbocycles. The van der Waals surface area contributed by atoms with E-state index in [2.05, 4.69) is 35.0 Å². The summed E-state index contributed by atoms with van der Waals surface area (Å²) in [6.45, 7) is 0. The summed E-state index contributed by atoms with van der Waals surface area (Å²) < 4.78 is 1.75. The first kappa shape index (κ1) is 15.2. The van der Waals surface area contributed by atoms with E-state index >= 15 is 0 Å². The highest BCUT2D eigenvalue weighted by Crippen LogP contribution is 2.26. The summed E-state index contributed by atoms with van der Waals surface area (Å²) in [7, 11) is 1.83. The van der Waals surface area contributed by atoms with Crippen molar-refractivity contribution in [3.05, 3.63) is 48.0 Å². The lowest BCUT2D eigenvalue weighted by atomic mass is 10.2. The Hall–Kier alpha value is -4.08. The largest absolute Gasteiger partial charge is 0.478 e. The molecule has 27 heavy (non-hydrogen) atoms. The predicted molar refractivity (Wildman–Crippen MR) is 96.4 cm³/mol. The maximum absolute atomic E-state index is 11.3. The Bertz CT molecular complexity index is 1410. The number of aromatic amines is 2. The van der Waals surface area contributed by atoms with Crippen molar-refractivity contribution < 1.29 is 9.90 Å². The maximum Gasteiger partial charge on any atom is 0.337 e. The first-order chi connectivity index (χ1) is 13.1. The molecular weight excluding hydrogens is 348 g/mol. The van der Waals surface area contributed by atoms with E-state index in [-0.39, 0.29) is 11.2 Å². The van der Waals surface area contributed by atoms with E-state index in [0.29, 0.717) is 33.5 Å². The summed E-state index contributed by atoms with van der Waals surface area (Å²) in [5.41, 5.74) is 4.07. The molecule has 3 N–H and O–H groups in total. The normalized spacial score (nSPS) is 12.4. The Balaban J connectivity index is 1.91. The highest BCUT2D eigenvalue weighted by atomic mass is 16.4. The van der Waals surface area contributed by atoms with Gasteiger partial charge in [0, 0.05) is 25.6 Å². The van der Waals surface area contributed by atoms with E-state index in [1.807, 2.05) is 7.05 Å². The molecule has 0 bridgehead atoms. The third kappa shape index (κ3) is 2.34. The molecule has 0 saturated heterocycles. The molecule has 0 aliphatic carbocycles. The summed E-state index contributed by atoms with van der Waals surface area (Å²) in [4.78, 5) is 36.3. The number of carboxylic acids is 1. The Morgan fingerprint density at radius 2 is 2.04 bits per heavy atom. The summed E-state index contributed by atoms with van der Waals surface area (Å²) in [5.74, 6) is -1.05. The molecule has 132 valence electrons. The summed E-state index contributed by atoms with van der Waals surface area (Å²) in [5, 5.41) is 13.1. The van der Waals surface area contributed by atoms with Gasteiger partial charge in [-0.15, -0.1) is 0 Å². The molecule has 0 atom stereocenters. The molecule has 0 aliphatic heterocycles. The van der Waals surface area contributed by atoms with Crippen LogP contribution in [0.2, 0.25) is 0 Å². The highest BCUT2D eigenvalue weighted by Gasteiger charge is 2.16. The van der Waals surface area contributed by atoms with Crippen molar-refractivity contribution >= 4 is 44.9 Å². The molecule has 5 rings (SSSR count). The maximum atomic E-state index is 11.3. The lowest BCUT2D eigenvalue weighted by Crippen LogP contribution is -2.14. The molecule has 0 spiro atoms. The van der Waals surface area contributed by atoms with E-state index in [4.69, 9.17) is 0 Å². The fraction of sp³-hybridized carbons (Fsp3) is 0.0588. The third-order valence-electron chi connectivity index (χ3n) is 4.24. The molecule has 10 heteroatoms. The molecule has 0 aromatic carbocycles. The summed E-state index contributed by atoms with van der Waals surface area (Å²) in [6, 6.07) is 5.05. The van der Waals surface area contributed by atoms with Gasteiger partial charge < -0.3 is 10.1 Å². The second-order valence-corrected chi connectivity index (χ2v) is 5.98. The molecule has 0 aliphatic rings. The first-order valence-corrected chi connectivity index (χ1v) is 8.02. The SMILES string of the molecule is Cn1[nH]c2[nH]c3cc(C(=O)O)cnc3c3nc(=Nc4ccncc4)nc1c23. The van der Waals surface area contributed by atoms with Crippen molar-refractivity contribution in [1.29, 1.82) is 0 Å². The zero-order chi connectivity index (χ0) is 18.5. The average molecular weight is 360 g/mol. The second-order valence-electron chi connectivity index (χ2n) is 5.98. The quantitative estimate of drug-likeness (QED) is 0.409. The Morgan fingerprint density at radius 1 is 1.22 bits per heavy atom. The van der Waals surface area contributed by atoms with Crippen LogP contribution in [-0.4, -0.2) is 45.8 Å². The van der Waals surface area contributed by atoms with E-state index in [9.17, 15) is 9.90 Å². The molecule has 0 amide bonds. The molecule has 10 nitrogen and oxygen atoms in total. The van der Waals surface area contributed by atoms with Crippen LogP contribution >= 0.6 is 0 Å². The first-order valence-electron chi connectivity index (χ1n) is 8.02. The topological polar surface area (TPSA) is 138 Å². The number of nitrogens with zero attached hydrogens (tertiary/aromatic N) is 6. The van der Waals surface area contributed by atoms with Crippen molar-refractivity contribution in [3.63, 3.8) is 0 Å². The number of fused-ring (bicyclic) bond motifs is 2. The van der Waals surface area contributed by atoms with Gasteiger partial charge in [0.1, 0.15) is 16.7 Å². The Morgan fingerprint density at radius 3 is 2.81 bits per heavy atom. The van der Waals surface area contributed by atoms with Gasteiger partial charge in [0.2, 0.25) is 0 Å². The van der Waals surface area contributed by atoms with Gasteiger partial charge in [-0.1, -0.05) is 0 Å². The number of aryl methyl sites for hydroxylation is 1. The van der Waals surface area contributed by atoms with E-state index in [0.717, 1.165) is 5.39 Å². The van der Waals surface area contributed by atoms with Gasteiger partial charge in [0.25, 0.3) is 5.62 Å². The summed E-state index contributed by atoms with van der Waals surface area (Å²) in [6.07, 6.45) is 4.60. The van der Waals surface area contributed by atoms with E-state index < -0.39 is 5.97 Å². The van der Waals surface area contributed by atoms with Crippen LogP contribution in [0.25, 0.3) is 33.2 Å². The van der Waals surface area contributed by atoms with Crippen LogP contribution < -0.4 is 5.62 Å². The number of nitrogens with one attached hydrogen (secondary N) is 2. The van der Waals surface area contributed by atoms with Gasteiger partial charge in [-0.3, -0.25) is 19.7 Å². The number of rotatable bonds is 2. The van der Waals surface area contributed by atoms with Crippen LogP contribution in [0.1, 0.15) is 10.4 Å². The number of hydrogen-bond acceptors (Lipinski definition) is 6. The van der Waals surface area contributed by atoms with Crippen LogP contribution in [0, 0.1) is 0 Å². The number of hydrogen-bond donors (Lipinski definition) is 3. The minimum Gasteiger partial charge on any atom is -0.478 e. The van der Waals surface area contributed by atoms with Gasteiger partial charge in [-0.2, -0.15) is 4.98 Å². The van der Waals surface area contributed by atoms with Gasteiger partial charge in [0.15, 0.2) is 5.65 Å². The van der Waals surface area contributed by atoms with Crippen LogP contribution in [0.15, 0.2) is 41.8 Å². The smallest absolute Gasteiger partial charge is 0.337 e. The van der Waals surface area contributed by atoms with Gasteiger partial charge in [-0.25, -0.2) is 14.8 Å². The minimum atomic E-state index is -1.05. The number of aromatic carboxylic acids is 1. The lowest BCUT2D eigenvalue weighted by molar-refractivity contribution is 0.0696. The van der Waals surface area contributed by atoms with Gasteiger partial charge in [0.05, 0.1) is 22.2 Å². The fourth-order valence-electron chi connectivity index (χ4n) is 3.03. The molecule has 0 fully saturated rings. The third-order valence-corrected chi connectivity index (χ3v) is 4.24. The molecule has 5 aromatic heterocycles. The number of H-pyrrole nitrogens is 2. The molecular formula is C17H12N8O2. The Labute approximate surface area is 150 Å². The molecule has 5 aromatic rings. The van der Waals surface area contributed by atoms with E-state index in [1.165, 1.54) is 12.3 Å². The molecule has 0 unspecified atom stereocenters. The predicted octanol–water partition coefficient (Wildman–Crippen LogP) is 1.65. The van der Waals surface area contributed by atoms with Crippen molar-refractivity contribution in [2.75, 3.05) is 0 Å². The highest BCUT2D eigenvalue weighted by molar-refractivity contribution is 6.13. The van der Waals surface area contributed by atoms with E-state index in [1.54, 1.807) is 29.2 Å². The van der Waals surface area contributed by atoms with Gasteiger partial charge >= 0.3 is 5.97 Å². The van der Waals surface area contributed by atoms with Crippen molar-refractivity contribution in [2.24, 2.45) is 12.0 Å². The minimum absolute atomic E-state index is 0.0904. The number of carbonyl (C=O) groups is 1. The van der Waals surface area contributed by atoms with Crippen LogP contribution in [0.4, 0.5) is 5.69 Å². The second kappa shape index (κ2) is 5.46. The van der Waals surface area contributed by atoms with Crippen LogP contribution in [-0.2, 0) is 7.05 Å². The van der Waals surface area contributed by atoms with Crippen LogP contribution in [0.5, 0.6) is 0 Å². The Kier molecular flexibility index (Phi) is 3.07.